The Kier molecular flexibility index (Phi) is 7.31. The van der Waals surface area contributed by atoms with Crippen LogP contribution >= 0.6 is 0 Å². The molecule has 2 aliphatic rings. The molecule has 2 aromatic heterocycles. The maximum absolute atomic E-state index is 14.2. The predicted molar refractivity (Wildman–Crippen MR) is 154 cm³/mol. The molecule has 9 heteroatoms. The molecule has 0 unspecified atom stereocenters. The van der Waals surface area contributed by atoms with Crippen LogP contribution < -0.4 is 4.74 Å². The largest absolute Gasteiger partial charge is 0.506 e. The minimum absolute atomic E-state index is 0.00166. The number of hydrogen-bond acceptors (Lipinski definition) is 6. The van der Waals surface area contributed by atoms with Gasteiger partial charge in [-0.05, 0) is 64.7 Å². The van der Waals surface area contributed by atoms with E-state index in [2.05, 4.69) is 11.1 Å². The number of rotatable bonds is 4. The molecule has 0 saturated carbocycles. The van der Waals surface area contributed by atoms with Crippen LogP contribution in [0.1, 0.15) is 55.1 Å². The second-order valence-corrected chi connectivity index (χ2v) is 11.3. The fourth-order valence-electron chi connectivity index (χ4n) is 5.11. The summed E-state index contributed by atoms with van der Waals surface area (Å²) < 4.78 is 14.1. The first-order valence-corrected chi connectivity index (χ1v) is 13.6. The van der Waals surface area contributed by atoms with Gasteiger partial charge in [0.2, 0.25) is 5.88 Å². The van der Waals surface area contributed by atoms with E-state index in [4.69, 9.17) is 9.47 Å². The lowest BCUT2D eigenvalue weighted by Gasteiger charge is -2.35. The lowest BCUT2D eigenvalue weighted by Crippen LogP contribution is -2.51. The molecule has 0 spiro atoms. The van der Waals surface area contributed by atoms with Gasteiger partial charge in [-0.15, -0.1) is 0 Å². The highest BCUT2D eigenvalue weighted by molar-refractivity contribution is 6.09. The Morgan fingerprint density at radius 1 is 1.02 bits per heavy atom. The van der Waals surface area contributed by atoms with Gasteiger partial charge in [-0.2, -0.15) is 0 Å². The summed E-state index contributed by atoms with van der Waals surface area (Å²) in [5.74, 6) is 0.805. The van der Waals surface area contributed by atoms with Gasteiger partial charge >= 0.3 is 6.09 Å². The van der Waals surface area contributed by atoms with Gasteiger partial charge in [0.15, 0.2) is 0 Å². The van der Waals surface area contributed by atoms with Crippen LogP contribution in [0.2, 0.25) is 0 Å². The van der Waals surface area contributed by atoms with Crippen molar-refractivity contribution in [3.05, 3.63) is 65.4 Å². The number of aromatic hydroxyl groups is 1. The van der Waals surface area contributed by atoms with Crippen molar-refractivity contribution in [2.24, 2.45) is 0 Å². The number of nitrogens with zero attached hydrogens (tertiary/aromatic N) is 4. The molecule has 210 valence electrons. The van der Waals surface area contributed by atoms with Gasteiger partial charge in [0, 0.05) is 37.9 Å². The van der Waals surface area contributed by atoms with Crippen molar-refractivity contribution in [1.82, 2.24) is 19.4 Å². The number of ether oxygens (including phenoxy) is 2. The number of hydrogen-bond donors (Lipinski definition) is 1. The number of piperazine rings is 1. The van der Waals surface area contributed by atoms with E-state index in [9.17, 15) is 14.7 Å². The molecule has 3 aromatic rings. The minimum Gasteiger partial charge on any atom is -0.506 e. The minimum atomic E-state index is -0.591. The third kappa shape index (κ3) is 5.41. The number of fused-ring (bicyclic) bond motifs is 1. The Hall–Kier alpha value is -4.27. The maximum Gasteiger partial charge on any atom is 0.410 e. The molecule has 9 nitrogen and oxygen atoms in total. The fraction of sp³-hybridized carbons (Fsp3) is 0.387. The van der Waals surface area contributed by atoms with Crippen LogP contribution in [0.4, 0.5) is 4.79 Å². The van der Waals surface area contributed by atoms with Gasteiger partial charge < -0.3 is 24.4 Å². The van der Waals surface area contributed by atoms with Crippen molar-refractivity contribution in [2.75, 3.05) is 26.2 Å². The summed E-state index contributed by atoms with van der Waals surface area (Å²) >= 11 is 0. The average molecular weight is 545 g/mol. The Morgan fingerprint density at radius 2 is 1.70 bits per heavy atom. The van der Waals surface area contributed by atoms with Gasteiger partial charge in [0.25, 0.3) is 5.91 Å². The molecule has 1 saturated heterocycles. The van der Waals surface area contributed by atoms with Crippen LogP contribution in [0.3, 0.4) is 0 Å². The van der Waals surface area contributed by atoms with Gasteiger partial charge in [-0.3, -0.25) is 9.36 Å². The number of carbonyl (C=O) groups is 2. The van der Waals surface area contributed by atoms with Gasteiger partial charge in [0.05, 0.1) is 11.7 Å². The van der Waals surface area contributed by atoms with Crippen molar-refractivity contribution in [1.29, 1.82) is 0 Å². The number of amides is 2. The molecule has 3 heterocycles. The van der Waals surface area contributed by atoms with Crippen molar-refractivity contribution >= 4 is 28.7 Å². The zero-order chi connectivity index (χ0) is 28.6. The summed E-state index contributed by atoms with van der Waals surface area (Å²) in [5, 5.41) is 10.4. The van der Waals surface area contributed by atoms with Gasteiger partial charge in [0.1, 0.15) is 28.2 Å². The van der Waals surface area contributed by atoms with E-state index in [1.807, 2.05) is 69.5 Å². The van der Waals surface area contributed by atoms with Gasteiger partial charge in [-0.25, -0.2) is 9.78 Å². The van der Waals surface area contributed by atoms with E-state index in [1.54, 1.807) is 15.9 Å². The van der Waals surface area contributed by atoms with E-state index in [0.717, 1.165) is 29.7 Å². The molecule has 5 rings (SSSR count). The molecule has 1 fully saturated rings. The Bertz CT molecular complexity index is 1500. The first kappa shape index (κ1) is 27.3. The summed E-state index contributed by atoms with van der Waals surface area (Å²) in [7, 11) is 0. The standard InChI is InChI=1S/C31H36N4O5/c1-20-10-9-11-21(2)27(20)39-29-25(28(37)33-14-16-34(17-15-33)30(38)40-31(3,4)5)26-24(18-23(36)19-32-26)35(29)22-12-7-6-8-13-22/h6-7,9-12,18-19,36H,8,13-17H2,1-5H3. The van der Waals surface area contributed by atoms with E-state index in [-0.39, 0.29) is 17.7 Å². The highest BCUT2D eigenvalue weighted by atomic mass is 16.6. The number of benzene rings is 1. The topological polar surface area (TPSA) is 97.1 Å². The van der Waals surface area contributed by atoms with Crippen LogP contribution in [-0.2, 0) is 4.74 Å². The zero-order valence-corrected chi connectivity index (χ0v) is 23.7. The van der Waals surface area contributed by atoms with Crippen molar-refractivity contribution in [3.8, 4) is 17.4 Å². The quantitative estimate of drug-likeness (QED) is 0.431. The molecular weight excluding hydrogens is 508 g/mol. The predicted octanol–water partition coefficient (Wildman–Crippen LogP) is 6.03. The van der Waals surface area contributed by atoms with Crippen molar-refractivity contribution in [3.63, 3.8) is 0 Å². The number of para-hydroxylation sites is 1. The summed E-state index contributed by atoms with van der Waals surface area (Å²) in [5.41, 5.74) is 3.61. The summed E-state index contributed by atoms with van der Waals surface area (Å²) in [6.07, 6.45) is 8.62. The maximum atomic E-state index is 14.2. The number of pyridine rings is 1. The second kappa shape index (κ2) is 10.7. The Labute approximate surface area is 234 Å². The van der Waals surface area contributed by atoms with Crippen molar-refractivity contribution < 1.29 is 24.2 Å². The third-order valence-electron chi connectivity index (χ3n) is 7.07. The molecule has 1 N–H and O–H groups in total. The highest BCUT2D eigenvalue weighted by Crippen LogP contribution is 2.41. The molecule has 1 aliphatic heterocycles. The van der Waals surface area contributed by atoms with Crippen LogP contribution in [0.15, 0.2) is 48.7 Å². The fourth-order valence-corrected chi connectivity index (χ4v) is 5.11. The molecule has 40 heavy (non-hydrogen) atoms. The summed E-state index contributed by atoms with van der Waals surface area (Å²) in [6.45, 7) is 10.8. The van der Waals surface area contributed by atoms with E-state index in [0.29, 0.717) is 54.4 Å². The lowest BCUT2D eigenvalue weighted by atomic mass is 10.1. The van der Waals surface area contributed by atoms with Crippen LogP contribution in [0, 0.1) is 13.8 Å². The summed E-state index contributed by atoms with van der Waals surface area (Å²) in [4.78, 5) is 34.7. The number of aryl methyl sites for hydroxylation is 2. The van der Waals surface area contributed by atoms with Crippen LogP contribution in [0.5, 0.6) is 17.4 Å². The monoisotopic (exact) mass is 544 g/mol. The third-order valence-corrected chi connectivity index (χ3v) is 7.07. The molecule has 0 bridgehead atoms. The zero-order valence-electron chi connectivity index (χ0n) is 23.7. The number of allylic oxidation sites excluding steroid dienone is 4. The normalized spacial score (nSPS) is 15.8. The Balaban J connectivity index is 1.58. The molecule has 0 radical (unpaired) electrons. The SMILES string of the molecule is Cc1cccc(C)c1Oc1c(C(=O)N2CCN(C(=O)OC(C)(C)C)CC2)c2ncc(O)cc2n1C1=CC=CCC1. The first-order valence-electron chi connectivity index (χ1n) is 13.6. The van der Waals surface area contributed by atoms with E-state index in [1.165, 1.54) is 6.20 Å². The smallest absolute Gasteiger partial charge is 0.410 e. The average Bonchev–Trinajstić information content (AvgIpc) is 3.22. The van der Waals surface area contributed by atoms with Crippen LogP contribution in [0.25, 0.3) is 16.7 Å². The number of carbonyl (C=O) groups excluding carboxylic acids is 2. The molecule has 2 amide bonds. The van der Waals surface area contributed by atoms with Crippen molar-refractivity contribution in [2.45, 2.75) is 53.1 Å². The molecule has 0 atom stereocenters. The van der Waals surface area contributed by atoms with Gasteiger partial charge in [-0.1, -0.05) is 30.4 Å². The highest BCUT2D eigenvalue weighted by Gasteiger charge is 2.34. The number of aromatic nitrogens is 2. The van der Waals surface area contributed by atoms with E-state index >= 15 is 0 Å². The lowest BCUT2D eigenvalue weighted by molar-refractivity contribution is 0.0140. The summed E-state index contributed by atoms with van der Waals surface area (Å²) in [6, 6.07) is 7.53. The first-order chi connectivity index (χ1) is 19.0. The van der Waals surface area contributed by atoms with E-state index < -0.39 is 5.60 Å². The Morgan fingerprint density at radius 3 is 2.33 bits per heavy atom. The molecule has 1 aliphatic carbocycles. The second-order valence-electron chi connectivity index (χ2n) is 11.3. The molecule has 1 aromatic carbocycles. The van der Waals surface area contributed by atoms with Crippen LogP contribution in [-0.4, -0.2) is 68.2 Å². The molecular formula is C31H36N4O5.